The first kappa shape index (κ1) is 18.4. The highest BCUT2D eigenvalue weighted by Crippen LogP contribution is 2.19. The lowest BCUT2D eigenvalue weighted by Gasteiger charge is -2.08. The number of amides is 1. The number of nitrogens with zero attached hydrogens (tertiary/aromatic N) is 1. The van der Waals surface area contributed by atoms with Gasteiger partial charge in [0.05, 0.1) is 10.5 Å². The van der Waals surface area contributed by atoms with Crippen LogP contribution in [0.1, 0.15) is 16.1 Å². The summed E-state index contributed by atoms with van der Waals surface area (Å²) in [6.45, 7) is 1.66. The van der Waals surface area contributed by atoms with Crippen LogP contribution in [0.2, 0.25) is 0 Å². The lowest BCUT2D eigenvalue weighted by Crippen LogP contribution is -2.15. The van der Waals surface area contributed by atoms with Gasteiger partial charge in [-0.25, -0.2) is 8.42 Å². The van der Waals surface area contributed by atoms with E-state index in [1.54, 1.807) is 19.1 Å². The summed E-state index contributed by atoms with van der Waals surface area (Å²) in [4.78, 5) is 12.3. The van der Waals surface area contributed by atoms with Gasteiger partial charge in [0.25, 0.3) is 15.9 Å². The van der Waals surface area contributed by atoms with Gasteiger partial charge in [-0.1, -0.05) is 17.3 Å². The molecule has 0 saturated heterocycles. The fraction of sp³-hybridized carbons (Fsp3) is 0.0588. The third kappa shape index (κ3) is 4.22. The minimum atomic E-state index is -3.79. The van der Waals surface area contributed by atoms with Crippen molar-refractivity contribution in [2.45, 2.75) is 11.8 Å². The second kappa shape index (κ2) is 7.46. The van der Waals surface area contributed by atoms with Crippen molar-refractivity contribution < 1.29 is 17.7 Å². The van der Waals surface area contributed by atoms with Gasteiger partial charge < -0.3 is 9.84 Å². The van der Waals surface area contributed by atoms with Gasteiger partial charge >= 0.3 is 0 Å². The molecule has 26 heavy (non-hydrogen) atoms. The van der Waals surface area contributed by atoms with Crippen molar-refractivity contribution in [1.82, 2.24) is 5.16 Å². The molecule has 0 saturated carbocycles. The van der Waals surface area contributed by atoms with Gasteiger partial charge in [-0.05, 0) is 65.9 Å². The van der Waals surface area contributed by atoms with E-state index in [1.165, 1.54) is 30.3 Å². The Morgan fingerprint density at radius 2 is 1.81 bits per heavy atom. The Bertz CT molecular complexity index is 1050. The minimum absolute atomic E-state index is 0.0467. The zero-order valence-corrected chi connectivity index (χ0v) is 16.5. The summed E-state index contributed by atoms with van der Waals surface area (Å²) >= 11 is 2.08. The number of anilines is 2. The van der Waals surface area contributed by atoms with Crippen LogP contribution in [-0.2, 0) is 10.0 Å². The van der Waals surface area contributed by atoms with Crippen LogP contribution >= 0.6 is 22.6 Å². The van der Waals surface area contributed by atoms with Crippen LogP contribution < -0.4 is 10.0 Å². The van der Waals surface area contributed by atoms with E-state index in [1.807, 2.05) is 12.1 Å². The van der Waals surface area contributed by atoms with Gasteiger partial charge in [0, 0.05) is 15.3 Å². The summed E-state index contributed by atoms with van der Waals surface area (Å²) in [6.07, 6.45) is 0. The van der Waals surface area contributed by atoms with Gasteiger partial charge in [-0.2, -0.15) is 0 Å². The molecule has 0 spiro atoms. The molecular weight excluding hydrogens is 469 g/mol. The van der Waals surface area contributed by atoms with Gasteiger partial charge in [-0.15, -0.1) is 0 Å². The van der Waals surface area contributed by atoms with E-state index in [-0.39, 0.29) is 16.6 Å². The molecule has 1 heterocycles. The summed E-state index contributed by atoms with van der Waals surface area (Å²) in [5.74, 6) is 0.344. The Kier molecular flexibility index (Phi) is 5.28. The van der Waals surface area contributed by atoms with Crippen molar-refractivity contribution in [3.63, 3.8) is 0 Å². The Morgan fingerprint density at radius 1 is 1.12 bits per heavy atom. The van der Waals surface area contributed by atoms with Crippen LogP contribution in [0, 0.1) is 10.5 Å². The number of aryl methyl sites for hydroxylation is 1. The predicted molar refractivity (Wildman–Crippen MR) is 106 cm³/mol. The molecule has 0 fully saturated rings. The Labute approximate surface area is 164 Å². The second-order valence-corrected chi connectivity index (χ2v) is 8.23. The first-order valence-corrected chi connectivity index (χ1v) is 10.0. The molecule has 0 unspecified atom stereocenters. The summed E-state index contributed by atoms with van der Waals surface area (Å²) < 4.78 is 32.7. The Morgan fingerprint density at radius 3 is 2.42 bits per heavy atom. The highest BCUT2D eigenvalue weighted by atomic mass is 127. The van der Waals surface area contributed by atoms with E-state index >= 15 is 0 Å². The van der Waals surface area contributed by atoms with Crippen molar-refractivity contribution in [2.24, 2.45) is 0 Å². The number of rotatable bonds is 5. The van der Waals surface area contributed by atoms with E-state index in [2.05, 4.69) is 37.8 Å². The molecule has 1 amide bonds. The van der Waals surface area contributed by atoms with Crippen LogP contribution in [0.25, 0.3) is 0 Å². The first-order chi connectivity index (χ1) is 12.3. The van der Waals surface area contributed by atoms with Crippen LogP contribution in [-0.4, -0.2) is 19.5 Å². The molecule has 0 bridgehead atoms. The third-order valence-electron chi connectivity index (χ3n) is 3.41. The number of carbonyl (C=O) groups excluding carboxylic acids is 1. The number of benzene rings is 2. The predicted octanol–water partition coefficient (Wildman–Crippen LogP) is 3.64. The van der Waals surface area contributed by atoms with E-state index in [4.69, 9.17) is 4.52 Å². The highest BCUT2D eigenvalue weighted by Gasteiger charge is 2.16. The lowest BCUT2D eigenvalue weighted by molar-refractivity contribution is 0.102. The maximum Gasteiger partial charge on any atom is 0.263 e. The lowest BCUT2D eigenvalue weighted by atomic mass is 10.2. The maximum atomic E-state index is 12.3. The molecule has 0 aliphatic rings. The molecule has 3 aromatic rings. The minimum Gasteiger partial charge on any atom is -0.360 e. The number of aromatic nitrogens is 1. The highest BCUT2D eigenvalue weighted by molar-refractivity contribution is 14.1. The number of carbonyl (C=O) groups is 1. The molecule has 7 nitrogen and oxygen atoms in total. The van der Waals surface area contributed by atoms with Gasteiger partial charge in [0.2, 0.25) is 0 Å². The fourth-order valence-electron chi connectivity index (χ4n) is 2.17. The summed E-state index contributed by atoms with van der Waals surface area (Å²) in [7, 11) is -3.79. The van der Waals surface area contributed by atoms with E-state index < -0.39 is 10.0 Å². The third-order valence-corrected chi connectivity index (χ3v) is 5.72. The monoisotopic (exact) mass is 483 g/mol. The topological polar surface area (TPSA) is 101 Å². The second-order valence-electron chi connectivity index (χ2n) is 5.39. The molecule has 9 heteroatoms. The van der Waals surface area contributed by atoms with Crippen LogP contribution in [0.5, 0.6) is 0 Å². The standard InChI is InChI=1S/C17H14IN3O4S/c1-11-10-16(20-25-11)21-26(23,24)13-8-6-12(7-9-13)19-17(22)14-4-2-3-5-15(14)18/h2-10H,1H3,(H,19,22)(H,20,21). The number of sulfonamides is 1. The Balaban J connectivity index is 1.74. The maximum absolute atomic E-state index is 12.3. The first-order valence-electron chi connectivity index (χ1n) is 7.47. The fourth-order valence-corrected chi connectivity index (χ4v) is 3.79. The van der Waals surface area contributed by atoms with Gasteiger partial charge in [-0.3, -0.25) is 9.52 Å². The number of hydrogen-bond acceptors (Lipinski definition) is 5. The molecule has 1 aromatic heterocycles. The number of halogens is 1. The quantitative estimate of drug-likeness (QED) is 0.540. The average Bonchev–Trinajstić information content (AvgIpc) is 3.00. The van der Waals surface area contributed by atoms with Crippen molar-refractivity contribution in [2.75, 3.05) is 10.0 Å². The molecule has 2 N–H and O–H groups in total. The van der Waals surface area contributed by atoms with Crippen molar-refractivity contribution in [3.8, 4) is 0 Å². The van der Waals surface area contributed by atoms with E-state index in [0.717, 1.165) is 3.57 Å². The largest absolute Gasteiger partial charge is 0.360 e. The van der Waals surface area contributed by atoms with Crippen molar-refractivity contribution in [1.29, 1.82) is 0 Å². The zero-order valence-electron chi connectivity index (χ0n) is 13.6. The van der Waals surface area contributed by atoms with Crippen LogP contribution in [0.3, 0.4) is 0 Å². The average molecular weight is 483 g/mol. The summed E-state index contributed by atoms with van der Waals surface area (Å²) in [5.41, 5.74) is 1.04. The smallest absolute Gasteiger partial charge is 0.263 e. The molecule has 2 aromatic carbocycles. The zero-order chi connectivity index (χ0) is 18.7. The van der Waals surface area contributed by atoms with Crippen molar-refractivity contribution >= 4 is 50.0 Å². The van der Waals surface area contributed by atoms with E-state index in [9.17, 15) is 13.2 Å². The molecule has 3 rings (SSSR count). The van der Waals surface area contributed by atoms with Gasteiger partial charge in [0.1, 0.15) is 5.76 Å². The SMILES string of the molecule is Cc1cc(NS(=O)(=O)c2ccc(NC(=O)c3ccccc3I)cc2)no1. The van der Waals surface area contributed by atoms with Crippen molar-refractivity contribution in [3.05, 3.63) is 69.5 Å². The summed E-state index contributed by atoms with van der Waals surface area (Å²) in [5, 5.41) is 6.35. The molecule has 134 valence electrons. The molecule has 0 aliphatic carbocycles. The molecule has 0 radical (unpaired) electrons. The van der Waals surface area contributed by atoms with E-state index in [0.29, 0.717) is 17.0 Å². The molecule has 0 atom stereocenters. The number of hydrogen-bond donors (Lipinski definition) is 2. The normalized spacial score (nSPS) is 11.2. The molecular formula is C17H14IN3O4S. The van der Waals surface area contributed by atoms with Gasteiger partial charge in [0.15, 0.2) is 5.82 Å². The van der Waals surface area contributed by atoms with Crippen LogP contribution in [0.4, 0.5) is 11.5 Å². The number of nitrogens with one attached hydrogen (secondary N) is 2. The Hall–Kier alpha value is -2.40. The summed E-state index contributed by atoms with van der Waals surface area (Å²) in [6, 6.07) is 14.5. The molecule has 0 aliphatic heterocycles. The van der Waals surface area contributed by atoms with Crippen LogP contribution in [0.15, 0.2) is 64.0 Å².